The highest BCUT2D eigenvalue weighted by Crippen LogP contribution is 2.37. The van der Waals surface area contributed by atoms with Gasteiger partial charge < -0.3 is 0 Å². The lowest BCUT2D eigenvalue weighted by molar-refractivity contribution is 0.310. The SMILES string of the molecule is CCCCCCCc1ccc([C@H]2CC[C@H](CCc3ccc(-c4ccc(Cl)c(F)c4)cc3)CC2)cc1. The molecule has 0 unspecified atom stereocenters. The Labute approximate surface area is 216 Å². The van der Waals surface area contributed by atoms with E-state index in [9.17, 15) is 4.39 Å². The van der Waals surface area contributed by atoms with Crippen LogP contribution in [0, 0.1) is 11.7 Å². The molecule has 0 aliphatic heterocycles. The van der Waals surface area contributed by atoms with Crippen LogP contribution < -0.4 is 0 Å². The molecule has 1 aliphatic rings. The maximum absolute atomic E-state index is 13.8. The number of unbranched alkanes of at least 4 members (excludes halogenated alkanes) is 4. The highest BCUT2D eigenvalue weighted by atomic mass is 35.5. The van der Waals surface area contributed by atoms with Gasteiger partial charge in [0, 0.05) is 0 Å². The van der Waals surface area contributed by atoms with E-state index in [0.29, 0.717) is 0 Å². The van der Waals surface area contributed by atoms with Crippen molar-refractivity contribution in [3.05, 3.63) is 94.3 Å². The van der Waals surface area contributed by atoms with Crippen LogP contribution in [-0.2, 0) is 12.8 Å². The second kappa shape index (κ2) is 13.3. The Balaban J connectivity index is 1.19. The molecule has 1 fully saturated rings. The van der Waals surface area contributed by atoms with Crippen LogP contribution in [0.5, 0.6) is 0 Å². The lowest BCUT2D eigenvalue weighted by Gasteiger charge is -2.29. The third-order valence-electron chi connectivity index (χ3n) is 7.92. The molecule has 4 rings (SSSR count). The summed E-state index contributed by atoms with van der Waals surface area (Å²) in [6.45, 7) is 2.28. The second-order valence-electron chi connectivity index (χ2n) is 10.5. The Morgan fingerprint density at radius 3 is 2.03 bits per heavy atom. The fourth-order valence-electron chi connectivity index (χ4n) is 5.58. The zero-order valence-corrected chi connectivity index (χ0v) is 22.0. The normalized spacial score (nSPS) is 18.0. The molecule has 0 radical (unpaired) electrons. The van der Waals surface area contributed by atoms with Crippen LogP contribution in [0.2, 0.25) is 5.02 Å². The number of hydrogen-bond acceptors (Lipinski definition) is 0. The van der Waals surface area contributed by atoms with Crippen LogP contribution in [0.4, 0.5) is 4.39 Å². The molecule has 0 saturated heterocycles. The van der Waals surface area contributed by atoms with E-state index in [-0.39, 0.29) is 10.8 Å². The number of benzene rings is 3. The van der Waals surface area contributed by atoms with Crippen molar-refractivity contribution in [2.45, 2.75) is 89.9 Å². The fourth-order valence-corrected chi connectivity index (χ4v) is 5.70. The molecular formula is C33H40ClF. The number of aryl methyl sites for hydroxylation is 2. The van der Waals surface area contributed by atoms with Crippen molar-refractivity contribution in [2.75, 3.05) is 0 Å². The maximum atomic E-state index is 13.8. The first-order valence-corrected chi connectivity index (χ1v) is 14.1. The average molecular weight is 491 g/mol. The van der Waals surface area contributed by atoms with Crippen molar-refractivity contribution in [1.82, 2.24) is 0 Å². The molecule has 0 heterocycles. The summed E-state index contributed by atoms with van der Waals surface area (Å²) in [5.41, 5.74) is 6.33. The molecule has 0 aromatic heterocycles. The van der Waals surface area contributed by atoms with Crippen LogP contribution >= 0.6 is 11.6 Å². The molecule has 0 atom stereocenters. The van der Waals surface area contributed by atoms with Crippen molar-refractivity contribution in [3.8, 4) is 11.1 Å². The lowest BCUT2D eigenvalue weighted by Crippen LogP contribution is -2.14. The Morgan fingerprint density at radius 2 is 1.34 bits per heavy atom. The molecule has 3 aromatic carbocycles. The van der Waals surface area contributed by atoms with Gasteiger partial charge in [0.2, 0.25) is 0 Å². The quantitative estimate of drug-likeness (QED) is 0.234. The van der Waals surface area contributed by atoms with Gasteiger partial charge in [-0.25, -0.2) is 4.39 Å². The van der Waals surface area contributed by atoms with Gasteiger partial charge in [0.25, 0.3) is 0 Å². The van der Waals surface area contributed by atoms with E-state index < -0.39 is 0 Å². The number of halogens is 2. The summed E-state index contributed by atoms with van der Waals surface area (Å²) in [6, 6.07) is 23.2. The minimum absolute atomic E-state index is 0.172. The van der Waals surface area contributed by atoms with E-state index in [1.54, 1.807) is 11.6 Å². The summed E-state index contributed by atoms with van der Waals surface area (Å²) in [6.07, 6.45) is 15.7. The molecule has 0 N–H and O–H groups in total. The van der Waals surface area contributed by atoms with Gasteiger partial charge in [-0.05, 0) is 103 Å². The van der Waals surface area contributed by atoms with E-state index in [1.807, 2.05) is 6.07 Å². The van der Waals surface area contributed by atoms with Gasteiger partial charge in [-0.2, -0.15) is 0 Å². The van der Waals surface area contributed by atoms with E-state index in [4.69, 9.17) is 11.6 Å². The molecule has 2 heteroatoms. The minimum atomic E-state index is -0.363. The van der Waals surface area contributed by atoms with E-state index in [2.05, 4.69) is 55.5 Å². The van der Waals surface area contributed by atoms with Crippen LogP contribution in [0.1, 0.15) is 93.7 Å². The molecule has 35 heavy (non-hydrogen) atoms. The monoisotopic (exact) mass is 490 g/mol. The van der Waals surface area contributed by atoms with Crippen molar-refractivity contribution in [3.63, 3.8) is 0 Å². The molecule has 0 spiro atoms. The van der Waals surface area contributed by atoms with Crippen molar-refractivity contribution in [2.24, 2.45) is 5.92 Å². The predicted octanol–water partition coefficient (Wildman–Crippen LogP) is 10.6. The number of hydrogen-bond donors (Lipinski definition) is 0. The van der Waals surface area contributed by atoms with Gasteiger partial charge in [0.05, 0.1) is 5.02 Å². The Hall–Kier alpha value is -2.12. The first kappa shape index (κ1) is 26.0. The van der Waals surface area contributed by atoms with E-state index in [1.165, 1.54) is 87.8 Å². The summed E-state index contributed by atoms with van der Waals surface area (Å²) in [4.78, 5) is 0. The largest absolute Gasteiger partial charge is 0.205 e. The van der Waals surface area contributed by atoms with Gasteiger partial charge in [-0.15, -0.1) is 0 Å². The van der Waals surface area contributed by atoms with Gasteiger partial charge in [-0.1, -0.05) is 98.8 Å². The highest BCUT2D eigenvalue weighted by Gasteiger charge is 2.22. The van der Waals surface area contributed by atoms with E-state index in [0.717, 1.165) is 29.4 Å². The smallest absolute Gasteiger partial charge is 0.142 e. The highest BCUT2D eigenvalue weighted by molar-refractivity contribution is 6.30. The van der Waals surface area contributed by atoms with Crippen molar-refractivity contribution in [1.29, 1.82) is 0 Å². The zero-order chi connectivity index (χ0) is 24.5. The molecule has 3 aromatic rings. The van der Waals surface area contributed by atoms with Gasteiger partial charge in [0.15, 0.2) is 0 Å². The Bertz CT molecular complexity index is 1030. The molecule has 0 nitrogen and oxygen atoms in total. The molecule has 0 bridgehead atoms. The Morgan fingerprint density at radius 1 is 0.714 bits per heavy atom. The molecule has 0 amide bonds. The lowest BCUT2D eigenvalue weighted by atomic mass is 9.76. The molecule has 1 aliphatic carbocycles. The van der Waals surface area contributed by atoms with Crippen molar-refractivity contribution < 1.29 is 4.39 Å². The third kappa shape index (κ3) is 7.68. The fraction of sp³-hybridized carbons (Fsp3) is 0.455. The van der Waals surface area contributed by atoms with Gasteiger partial charge in [-0.3, -0.25) is 0 Å². The third-order valence-corrected chi connectivity index (χ3v) is 8.22. The summed E-state index contributed by atoms with van der Waals surface area (Å²) in [7, 11) is 0. The molecule has 1 saturated carbocycles. The summed E-state index contributed by atoms with van der Waals surface area (Å²) < 4.78 is 13.8. The van der Waals surface area contributed by atoms with Gasteiger partial charge >= 0.3 is 0 Å². The molecule has 186 valence electrons. The van der Waals surface area contributed by atoms with Crippen LogP contribution in [0.3, 0.4) is 0 Å². The van der Waals surface area contributed by atoms with Gasteiger partial charge in [0.1, 0.15) is 5.82 Å². The first-order valence-electron chi connectivity index (χ1n) is 13.8. The zero-order valence-electron chi connectivity index (χ0n) is 21.2. The van der Waals surface area contributed by atoms with Crippen LogP contribution in [0.25, 0.3) is 11.1 Å². The minimum Gasteiger partial charge on any atom is -0.205 e. The maximum Gasteiger partial charge on any atom is 0.142 e. The number of rotatable bonds is 11. The topological polar surface area (TPSA) is 0 Å². The second-order valence-corrected chi connectivity index (χ2v) is 10.9. The first-order chi connectivity index (χ1) is 17.1. The van der Waals surface area contributed by atoms with Crippen LogP contribution in [-0.4, -0.2) is 0 Å². The van der Waals surface area contributed by atoms with E-state index >= 15 is 0 Å². The Kier molecular flexibility index (Phi) is 9.83. The molecular weight excluding hydrogens is 451 g/mol. The van der Waals surface area contributed by atoms with Crippen molar-refractivity contribution >= 4 is 11.6 Å². The van der Waals surface area contributed by atoms with Crippen LogP contribution in [0.15, 0.2) is 66.7 Å². The standard InChI is InChI=1S/C33H40ClF/c1-2-3-4-5-6-7-25-10-16-28(17-11-25)29-18-12-26(13-19-29)8-9-27-14-20-30(21-15-27)31-22-23-32(34)33(35)24-31/h10-11,14-17,20-24,26,29H,2-9,12-13,18-19H2,1H3/t26-,29-. The summed E-state index contributed by atoms with van der Waals surface area (Å²) in [5.74, 6) is 1.21. The predicted molar refractivity (Wildman–Crippen MR) is 149 cm³/mol. The summed E-state index contributed by atoms with van der Waals surface area (Å²) >= 11 is 5.81. The average Bonchev–Trinajstić information content (AvgIpc) is 2.90. The summed E-state index contributed by atoms with van der Waals surface area (Å²) in [5, 5.41) is 0.172.